The van der Waals surface area contributed by atoms with Crippen LogP contribution in [0.15, 0.2) is 30.6 Å². The Hall–Kier alpha value is -2.01. The van der Waals surface area contributed by atoms with Gasteiger partial charge >= 0.3 is 0 Å². The van der Waals surface area contributed by atoms with Crippen molar-refractivity contribution >= 4 is 5.95 Å². The van der Waals surface area contributed by atoms with E-state index < -0.39 is 0 Å². The van der Waals surface area contributed by atoms with Crippen LogP contribution >= 0.6 is 0 Å². The minimum absolute atomic E-state index is 0.143. The number of aryl methyl sites for hydroxylation is 1. The average Bonchev–Trinajstić information content (AvgIpc) is 3.23. The van der Waals surface area contributed by atoms with Crippen LogP contribution in [0.1, 0.15) is 42.0 Å². The number of fused-ring (bicyclic) bond motifs is 1. The van der Waals surface area contributed by atoms with Crippen molar-refractivity contribution in [1.29, 1.82) is 0 Å². The van der Waals surface area contributed by atoms with Crippen molar-refractivity contribution in [2.75, 3.05) is 18.0 Å². The molecule has 1 aromatic carbocycles. The van der Waals surface area contributed by atoms with E-state index in [1.807, 2.05) is 18.5 Å². The van der Waals surface area contributed by atoms with Gasteiger partial charge in [-0.15, -0.1) is 0 Å². The van der Waals surface area contributed by atoms with Crippen LogP contribution in [0.5, 0.6) is 0 Å². The number of nitrogens with zero attached hydrogens (tertiary/aromatic N) is 3. The van der Waals surface area contributed by atoms with E-state index in [0.717, 1.165) is 49.6 Å². The summed E-state index contributed by atoms with van der Waals surface area (Å²) in [6.07, 6.45) is 8.24. The molecule has 23 heavy (non-hydrogen) atoms. The maximum atomic E-state index is 13.3. The van der Waals surface area contributed by atoms with Gasteiger partial charge in [0, 0.05) is 43.6 Å². The molecule has 0 saturated carbocycles. The van der Waals surface area contributed by atoms with E-state index in [-0.39, 0.29) is 5.82 Å². The monoisotopic (exact) mass is 312 g/mol. The zero-order valence-corrected chi connectivity index (χ0v) is 13.1. The number of anilines is 1. The molecular formula is C18H21FN4. The van der Waals surface area contributed by atoms with Gasteiger partial charge in [0.15, 0.2) is 0 Å². The summed E-state index contributed by atoms with van der Waals surface area (Å²) >= 11 is 0. The van der Waals surface area contributed by atoms with Crippen molar-refractivity contribution in [3.05, 3.63) is 53.1 Å². The van der Waals surface area contributed by atoms with Gasteiger partial charge in [-0.1, -0.05) is 6.07 Å². The fourth-order valence-electron chi connectivity index (χ4n) is 3.56. The standard InChI is InChI=1S/C18H21FN4/c19-15-4-5-16-14(9-15)3-6-17(16)20-10-13-11-21-18(22-12-13)23-7-1-2-8-23/h4-5,9,11-12,17,20H,1-3,6-8,10H2. The summed E-state index contributed by atoms with van der Waals surface area (Å²) in [4.78, 5) is 11.2. The molecule has 1 atom stereocenters. The van der Waals surface area contributed by atoms with Gasteiger partial charge in [0.25, 0.3) is 0 Å². The Morgan fingerprint density at radius 1 is 1.17 bits per heavy atom. The highest BCUT2D eigenvalue weighted by atomic mass is 19.1. The lowest BCUT2D eigenvalue weighted by Gasteiger charge is -2.16. The molecule has 5 heteroatoms. The highest BCUT2D eigenvalue weighted by molar-refractivity contribution is 5.35. The van der Waals surface area contributed by atoms with Crippen LogP contribution < -0.4 is 10.2 Å². The van der Waals surface area contributed by atoms with Crippen molar-refractivity contribution in [2.45, 2.75) is 38.3 Å². The van der Waals surface area contributed by atoms with E-state index in [9.17, 15) is 4.39 Å². The molecule has 1 fully saturated rings. The number of rotatable bonds is 4. The van der Waals surface area contributed by atoms with Crippen molar-refractivity contribution in [3.63, 3.8) is 0 Å². The van der Waals surface area contributed by atoms with E-state index in [0.29, 0.717) is 6.04 Å². The van der Waals surface area contributed by atoms with Crippen LogP contribution in [-0.2, 0) is 13.0 Å². The molecule has 1 saturated heterocycles. The summed E-state index contributed by atoms with van der Waals surface area (Å²) in [5, 5.41) is 3.55. The molecule has 0 bridgehead atoms. The summed E-state index contributed by atoms with van der Waals surface area (Å²) in [5.74, 6) is 0.697. The zero-order valence-electron chi connectivity index (χ0n) is 13.1. The van der Waals surface area contributed by atoms with E-state index in [1.54, 1.807) is 12.1 Å². The van der Waals surface area contributed by atoms with Crippen molar-refractivity contribution in [1.82, 2.24) is 15.3 Å². The third kappa shape index (κ3) is 3.06. The van der Waals surface area contributed by atoms with Crippen LogP contribution in [0.25, 0.3) is 0 Å². The topological polar surface area (TPSA) is 41.1 Å². The average molecular weight is 312 g/mol. The first-order chi connectivity index (χ1) is 11.3. The quantitative estimate of drug-likeness (QED) is 0.942. The zero-order chi connectivity index (χ0) is 15.6. The highest BCUT2D eigenvalue weighted by Gasteiger charge is 2.22. The second-order valence-corrected chi connectivity index (χ2v) is 6.40. The molecule has 120 valence electrons. The molecule has 1 unspecified atom stereocenters. The first kappa shape index (κ1) is 14.6. The Morgan fingerprint density at radius 2 is 1.96 bits per heavy atom. The van der Waals surface area contributed by atoms with Gasteiger partial charge in [-0.2, -0.15) is 0 Å². The fraction of sp³-hybridized carbons (Fsp3) is 0.444. The van der Waals surface area contributed by atoms with Gasteiger partial charge < -0.3 is 10.2 Å². The van der Waals surface area contributed by atoms with Crippen molar-refractivity contribution in [2.24, 2.45) is 0 Å². The molecule has 0 radical (unpaired) electrons. The smallest absolute Gasteiger partial charge is 0.225 e. The summed E-state index contributed by atoms with van der Waals surface area (Å²) < 4.78 is 13.3. The predicted octanol–water partition coefficient (Wildman–Crippen LogP) is 2.99. The fourth-order valence-corrected chi connectivity index (χ4v) is 3.56. The van der Waals surface area contributed by atoms with Gasteiger partial charge in [0.1, 0.15) is 5.82 Å². The number of hydrogen-bond donors (Lipinski definition) is 1. The van der Waals surface area contributed by atoms with Crippen molar-refractivity contribution < 1.29 is 4.39 Å². The molecule has 1 aliphatic carbocycles. The number of halogens is 1. The van der Waals surface area contributed by atoms with Crippen molar-refractivity contribution in [3.8, 4) is 0 Å². The van der Waals surface area contributed by atoms with Gasteiger partial charge in [-0.25, -0.2) is 14.4 Å². The Balaban J connectivity index is 1.38. The highest BCUT2D eigenvalue weighted by Crippen LogP contribution is 2.31. The molecule has 1 N–H and O–H groups in total. The van der Waals surface area contributed by atoms with E-state index >= 15 is 0 Å². The lowest BCUT2D eigenvalue weighted by atomic mass is 10.1. The number of aromatic nitrogens is 2. The Morgan fingerprint density at radius 3 is 2.74 bits per heavy atom. The maximum Gasteiger partial charge on any atom is 0.225 e. The van der Waals surface area contributed by atoms with Crippen LogP contribution in [0.3, 0.4) is 0 Å². The largest absolute Gasteiger partial charge is 0.341 e. The first-order valence-corrected chi connectivity index (χ1v) is 8.37. The molecule has 4 nitrogen and oxygen atoms in total. The second-order valence-electron chi connectivity index (χ2n) is 6.40. The van der Waals surface area contributed by atoms with Gasteiger partial charge in [0.05, 0.1) is 0 Å². The molecule has 0 spiro atoms. The number of benzene rings is 1. The molecule has 1 aliphatic heterocycles. The molecule has 0 amide bonds. The maximum absolute atomic E-state index is 13.3. The van der Waals surface area contributed by atoms with E-state index in [2.05, 4.69) is 20.2 Å². The second kappa shape index (κ2) is 6.24. The lowest BCUT2D eigenvalue weighted by Crippen LogP contribution is -2.21. The van der Waals surface area contributed by atoms with Crippen LogP contribution in [0.2, 0.25) is 0 Å². The number of hydrogen-bond acceptors (Lipinski definition) is 4. The Bertz CT molecular complexity index is 680. The summed E-state index contributed by atoms with van der Waals surface area (Å²) in [7, 11) is 0. The molecule has 1 aromatic heterocycles. The molecule has 4 rings (SSSR count). The number of nitrogens with one attached hydrogen (secondary N) is 1. The minimum atomic E-state index is -0.143. The van der Waals surface area contributed by atoms with E-state index in [4.69, 9.17) is 0 Å². The summed E-state index contributed by atoms with van der Waals surface area (Å²) in [6.45, 7) is 2.86. The normalized spacial score (nSPS) is 20.0. The predicted molar refractivity (Wildman–Crippen MR) is 87.8 cm³/mol. The minimum Gasteiger partial charge on any atom is -0.341 e. The Kier molecular flexibility index (Phi) is 3.95. The van der Waals surface area contributed by atoms with Crippen LogP contribution in [0, 0.1) is 5.82 Å². The van der Waals surface area contributed by atoms with Crippen LogP contribution in [-0.4, -0.2) is 23.1 Å². The van der Waals surface area contributed by atoms with E-state index in [1.165, 1.54) is 18.4 Å². The SMILES string of the molecule is Fc1ccc2c(c1)CCC2NCc1cnc(N2CCCC2)nc1. The summed E-state index contributed by atoms with van der Waals surface area (Å²) in [5.41, 5.74) is 3.44. The summed E-state index contributed by atoms with van der Waals surface area (Å²) in [6, 6.07) is 5.41. The molecular weight excluding hydrogens is 291 g/mol. The molecule has 2 aromatic rings. The van der Waals surface area contributed by atoms with Gasteiger partial charge in [-0.05, 0) is 48.9 Å². The first-order valence-electron chi connectivity index (χ1n) is 8.37. The lowest BCUT2D eigenvalue weighted by molar-refractivity contribution is 0.528. The third-order valence-corrected chi connectivity index (χ3v) is 4.82. The molecule has 2 heterocycles. The van der Waals surface area contributed by atoms with Gasteiger partial charge in [0.2, 0.25) is 5.95 Å². The molecule has 2 aliphatic rings. The van der Waals surface area contributed by atoms with Gasteiger partial charge in [-0.3, -0.25) is 0 Å². The third-order valence-electron chi connectivity index (χ3n) is 4.82. The van der Waals surface area contributed by atoms with Crippen LogP contribution in [0.4, 0.5) is 10.3 Å². The Labute approximate surface area is 135 Å².